The van der Waals surface area contributed by atoms with Crippen molar-refractivity contribution in [3.8, 4) is 0 Å². The molecule has 0 aromatic heterocycles. The average Bonchev–Trinajstić information content (AvgIpc) is 1.97. The number of halogens is 3. The summed E-state index contributed by atoms with van der Waals surface area (Å²) in [6.45, 7) is 0.300. The SMILES string of the molecule is NCc1cc(F)c(Cl)cc1Br. The molecule has 0 bridgehead atoms. The van der Waals surface area contributed by atoms with Gasteiger partial charge < -0.3 is 5.73 Å². The number of hydrogen-bond donors (Lipinski definition) is 1. The van der Waals surface area contributed by atoms with Gasteiger partial charge in [-0.1, -0.05) is 27.5 Å². The first-order chi connectivity index (χ1) is 5.15. The van der Waals surface area contributed by atoms with E-state index in [1.54, 1.807) is 0 Å². The summed E-state index contributed by atoms with van der Waals surface area (Å²) in [6.07, 6.45) is 0. The Kier molecular flexibility index (Phi) is 2.87. The Morgan fingerprint density at radius 3 is 2.73 bits per heavy atom. The molecular formula is C7H6BrClFN. The van der Waals surface area contributed by atoms with Crippen LogP contribution in [0.25, 0.3) is 0 Å². The highest BCUT2D eigenvalue weighted by Crippen LogP contribution is 2.24. The normalized spacial score (nSPS) is 10.2. The third-order valence-electron chi connectivity index (χ3n) is 1.31. The molecule has 60 valence electrons. The topological polar surface area (TPSA) is 26.0 Å². The summed E-state index contributed by atoms with van der Waals surface area (Å²) in [7, 11) is 0. The molecule has 0 aliphatic heterocycles. The van der Waals surface area contributed by atoms with Crippen LogP contribution >= 0.6 is 27.5 Å². The molecule has 0 spiro atoms. The highest BCUT2D eigenvalue weighted by atomic mass is 79.9. The van der Waals surface area contributed by atoms with Crippen LogP contribution in [0.4, 0.5) is 4.39 Å². The second-order valence-corrected chi connectivity index (χ2v) is 3.32. The maximum Gasteiger partial charge on any atom is 0.142 e. The van der Waals surface area contributed by atoms with E-state index in [4.69, 9.17) is 17.3 Å². The Balaban J connectivity index is 3.21. The molecular weight excluding hydrogens is 232 g/mol. The van der Waals surface area contributed by atoms with Crippen molar-refractivity contribution in [1.29, 1.82) is 0 Å². The first-order valence-corrected chi connectivity index (χ1v) is 4.15. The van der Waals surface area contributed by atoms with Gasteiger partial charge in [0, 0.05) is 11.0 Å². The van der Waals surface area contributed by atoms with Crippen molar-refractivity contribution in [2.75, 3.05) is 0 Å². The van der Waals surface area contributed by atoms with Gasteiger partial charge in [-0.25, -0.2) is 4.39 Å². The van der Waals surface area contributed by atoms with Crippen LogP contribution in [0.15, 0.2) is 16.6 Å². The van der Waals surface area contributed by atoms with Gasteiger partial charge in [-0.3, -0.25) is 0 Å². The molecule has 0 amide bonds. The highest BCUT2D eigenvalue weighted by molar-refractivity contribution is 9.10. The fourth-order valence-electron chi connectivity index (χ4n) is 0.720. The summed E-state index contributed by atoms with van der Waals surface area (Å²) in [6, 6.07) is 2.82. The quantitative estimate of drug-likeness (QED) is 0.748. The monoisotopic (exact) mass is 237 g/mol. The molecule has 0 unspecified atom stereocenters. The van der Waals surface area contributed by atoms with E-state index in [0.29, 0.717) is 12.1 Å². The maximum absolute atomic E-state index is 12.7. The van der Waals surface area contributed by atoms with Gasteiger partial charge in [0.2, 0.25) is 0 Å². The van der Waals surface area contributed by atoms with Crippen LogP contribution in [-0.2, 0) is 6.54 Å². The first kappa shape index (κ1) is 8.97. The Labute approximate surface area is 77.5 Å². The van der Waals surface area contributed by atoms with E-state index < -0.39 is 5.82 Å². The Morgan fingerprint density at radius 1 is 1.55 bits per heavy atom. The van der Waals surface area contributed by atoms with Crippen LogP contribution < -0.4 is 5.73 Å². The van der Waals surface area contributed by atoms with Crippen molar-refractivity contribution < 1.29 is 4.39 Å². The largest absolute Gasteiger partial charge is 0.326 e. The molecule has 1 nitrogen and oxygen atoms in total. The van der Waals surface area contributed by atoms with Crippen molar-refractivity contribution in [3.05, 3.63) is 33.0 Å². The number of rotatable bonds is 1. The summed E-state index contributed by atoms with van der Waals surface area (Å²) in [4.78, 5) is 0. The summed E-state index contributed by atoms with van der Waals surface area (Å²) in [5.74, 6) is -0.435. The van der Waals surface area contributed by atoms with Gasteiger partial charge in [-0.05, 0) is 17.7 Å². The van der Waals surface area contributed by atoms with Gasteiger partial charge in [0.1, 0.15) is 5.82 Å². The summed E-state index contributed by atoms with van der Waals surface area (Å²) < 4.78 is 13.5. The summed E-state index contributed by atoms with van der Waals surface area (Å²) in [5, 5.41) is 0.106. The molecule has 1 rings (SSSR count). The third kappa shape index (κ3) is 1.92. The number of nitrogens with two attached hydrogens (primary N) is 1. The van der Waals surface area contributed by atoms with Crippen molar-refractivity contribution >= 4 is 27.5 Å². The number of hydrogen-bond acceptors (Lipinski definition) is 1. The van der Waals surface area contributed by atoms with Crippen LogP contribution in [-0.4, -0.2) is 0 Å². The van der Waals surface area contributed by atoms with Crippen molar-refractivity contribution in [2.45, 2.75) is 6.54 Å². The highest BCUT2D eigenvalue weighted by Gasteiger charge is 2.04. The molecule has 2 N–H and O–H groups in total. The van der Waals surface area contributed by atoms with Gasteiger partial charge in [0.05, 0.1) is 5.02 Å². The van der Waals surface area contributed by atoms with Crippen LogP contribution in [0.3, 0.4) is 0 Å². The maximum atomic E-state index is 12.7. The second-order valence-electron chi connectivity index (χ2n) is 2.06. The predicted octanol–water partition coefficient (Wildman–Crippen LogP) is 2.70. The van der Waals surface area contributed by atoms with E-state index in [-0.39, 0.29) is 5.02 Å². The van der Waals surface area contributed by atoms with E-state index in [1.165, 1.54) is 12.1 Å². The smallest absolute Gasteiger partial charge is 0.142 e. The molecule has 4 heteroatoms. The lowest BCUT2D eigenvalue weighted by Crippen LogP contribution is -1.98. The zero-order chi connectivity index (χ0) is 8.43. The average molecular weight is 238 g/mol. The zero-order valence-corrected chi connectivity index (χ0v) is 7.91. The Hall–Kier alpha value is -0.120. The molecule has 0 atom stereocenters. The fourth-order valence-corrected chi connectivity index (χ4v) is 1.52. The first-order valence-electron chi connectivity index (χ1n) is 2.98. The standard InChI is InChI=1S/C7H6BrClFN/c8-5-2-6(9)7(10)1-4(5)3-11/h1-2H,3,11H2. The molecule has 0 fully saturated rings. The fraction of sp³-hybridized carbons (Fsp3) is 0.143. The number of benzene rings is 1. The van der Waals surface area contributed by atoms with Crippen LogP contribution in [0.1, 0.15) is 5.56 Å². The van der Waals surface area contributed by atoms with Crippen LogP contribution in [0.2, 0.25) is 5.02 Å². The van der Waals surface area contributed by atoms with Gasteiger partial charge >= 0.3 is 0 Å². The van der Waals surface area contributed by atoms with E-state index in [9.17, 15) is 4.39 Å². The molecule has 0 saturated carbocycles. The molecule has 0 aliphatic carbocycles. The summed E-state index contributed by atoms with van der Waals surface area (Å²) in [5.41, 5.74) is 6.04. The van der Waals surface area contributed by atoms with Crippen molar-refractivity contribution in [1.82, 2.24) is 0 Å². The molecule has 0 saturated heterocycles. The lowest BCUT2D eigenvalue weighted by atomic mass is 10.2. The molecule has 11 heavy (non-hydrogen) atoms. The van der Waals surface area contributed by atoms with E-state index in [0.717, 1.165) is 4.47 Å². The molecule has 0 aliphatic rings. The Morgan fingerprint density at radius 2 is 2.18 bits per heavy atom. The summed E-state index contributed by atoms with van der Waals surface area (Å²) >= 11 is 8.71. The van der Waals surface area contributed by atoms with Gasteiger partial charge in [0.25, 0.3) is 0 Å². The molecule has 0 heterocycles. The van der Waals surface area contributed by atoms with Crippen molar-refractivity contribution in [2.24, 2.45) is 5.73 Å². The van der Waals surface area contributed by atoms with Crippen LogP contribution in [0, 0.1) is 5.82 Å². The Bertz CT molecular complexity index is 277. The predicted molar refractivity (Wildman–Crippen MR) is 47.0 cm³/mol. The molecule has 1 aromatic carbocycles. The van der Waals surface area contributed by atoms with E-state index in [1.807, 2.05) is 0 Å². The minimum absolute atomic E-state index is 0.106. The van der Waals surface area contributed by atoms with E-state index in [2.05, 4.69) is 15.9 Å². The van der Waals surface area contributed by atoms with Gasteiger partial charge in [-0.2, -0.15) is 0 Å². The second kappa shape index (κ2) is 3.52. The lowest BCUT2D eigenvalue weighted by molar-refractivity contribution is 0.625. The third-order valence-corrected chi connectivity index (χ3v) is 2.34. The van der Waals surface area contributed by atoms with Gasteiger partial charge in [0.15, 0.2) is 0 Å². The van der Waals surface area contributed by atoms with E-state index >= 15 is 0 Å². The zero-order valence-electron chi connectivity index (χ0n) is 5.57. The van der Waals surface area contributed by atoms with Crippen LogP contribution in [0.5, 0.6) is 0 Å². The van der Waals surface area contributed by atoms with Gasteiger partial charge in [-0.15, -0.1) is 0 Å². The molecule has 1 aromatic rings. The molecule has 0 radical (unpaired) electrons. The van der Waals surface area contributed by atoms with Crippen molar-refractivity contribution in [3.63, 3.8) is 0 Å². The minimum Gasteiger partial charge on any atom is -0.326 e. The lowest BCUT2D eigenvalue weighted by Gasteiger charge is -2.01. The minimum atomic E-state index is -0.435.